The standard InChI is InChI=1S/C24H23NO6/c1-2-3-12-30-23(28)16-8-10-19(11-9-16)25-22(27)15-31-24(29)20-13-17-6-4-5-7-18(17)14-21(20)26/h4-11,13-14,26H,2-3,12,15H2,1H3,(H,25,27). The Labute approximate surface area is 179 Å². The number of fused-ring (bicyclic) bond motifs is 1. The number of anilines is 1. The van der Waals surface area contributed by atoms with Crippen molar-refractivity contribution in [1.29, 1.82) is 0 Å². The average molecular weight is 421 g/mol. The first-order valence-corrected chi connectivity index (χ1v) is 9.94. The molecule has 2 N–H and O–H groups in total. The van der Waals surface area contributed by atoms with Crippen LogP contribution >= 0.6 is 0 Å². The lowest BCUT2D eigenvalue weighted by atomic mass is 10.1. The normalized spacial score (nSPS) is 10.5. The highest BCUT2D eigenvalue weighted by Crippen LogP contribution is 2.25. The number of phenols is 1. The fourth-order valence-corrected chi connectivity index (χ4v) is 2.88. The second-order valence-electron chi connectivity index (χ2n) is 6.91. The summed E-state index contributed by atoms with van der Waals surface area (Å²) in [7, 11) is 0. The summed E-state index contributed by atoms with van der Waals surface area (Å²) in [6.07, 6.45) is 1.74. The molecule has 1 amide bonds. The van der Waals surface area contributed by atoms with Gasteiger partial charge in [-0.15, -0.1) is 0 Å². The molecule has 0 fully saturated rings. The maximum absolute atomic E-state index is 12.3. The number of nitrogens with one attached hydrogen (secondary N) is 1. The number of hydrogen-bond donors (Lipinski definition) is 2. The van der Waals surface area contributed by atoms with E-state index in [9.17, 15) is 19.5 Å². The Morgan fingerprint density at radius 2 is 1.58 bits per heavy atom. The summed E-state index contributed by atoms with van der Waals surface area (Å²) in [5.41, 5.74) is 0.810. The highest BCUT2D eigenvalue weighted by Gasteiger charge is 2.16. The van der Waals surface area contributed by atoms with Crippen LogP contribution in [0.25, 0.3) is 10.8 Å². The number of esters is 2. The number of benzene rings is 3. The first kappa shape index (κ1) is 21.8. The Balaban J connectivity index is 1.53. The SMILES string of the molecule is CCCCOC(=O)c1ccc(NC(=O)COC(=O)c2cc3ccccc3cc2O)cc1. The van der Waals surface area contributed by atoms with Gasteiger partial charge in [0, 0.05) is 5.69 Å². The first-order chi connectivity index (χ1) is 15.0. The summed E-state index contributed by atoms with van der Waals surface area (Å²) in [6.45, 7) is 1.85. The number of ether oxygens (including phenoxy) is 2. The lowest BCUT2D eigenvalue weighted by Gasteiger charge is -2.09. The fraction of sp³-hybridized carbons (Fsp3) is 0.208. The van der Waals surface area contributed by atoms with Crippen molar-refractivity contribution in [3.05, 3.63) is 71.8 Å². The van der Waals surface area contributed by atoms with E-state index in [1.165, 1.54) is 12.1 Å². The van der Waals surface area contributed by atoms with Crippen LogP contribution in [-0.4, -0.2) is 36.2 Å². The van der Waals surface area contributed by atoms with Gasteiger partial charge in [-0.3, -0.25) is 4.79 Å². The smallest absolute Gasteiger partial charge is 0.342 e. The molecule has 0 saturated heterocycles. The third-order valence-electron chi connectivity index (χ3n) is 4.55. The van der Waals surface area contributed by atoms with E-state index in [-0.39, 0.29) is 11.3 Å². The molecule has 31 heavy (non-hydrogen) atoms. The maximum atomic E-state index is 12.3. The summed E-state index contributed by atoms with van der Waals surface area (Å²) in [5, 5.41) is 14.2. The zero-order chi connectivity index (χ0) is 22.2. The molecule has 3 rings (SSSR count). The zero-order valence-electron chi connectivity index (χ0n) is 17.1. The largest absolute Gasteiger partial charge is 0.507 e. The molecule has 0 saturated carbocycles. The van der Waals surface area contributed by atoms with E-state index in [1.807, 2.05) is 31.2 Å². The van der Waals surface area contributed by atoms with Gasteiger partial charge < -0.3 is 19.9 Å². The van der Waals surface area contributed by atoms with Crippen LogP contribution < -0.4 is 5.32 Å². The number of aromatic hydroxyl groups is 1. The molecule has 0 radical (unpaired) electrons. The molecule has 0 bridgehead atoms. The van der Waals surface area contributed by atoms with Gasteiger partial charge in [-0.1, -0.05) is 37.6 Å². The van der Waals surface area contributed by atoms with Gasteiger partial charge >= 0.3 is 11.9 Å². The van der Waals surface area contributed by atoms with Crippen molar-refractivity contribution in [2.24, 2.45) is 0 Å². The minimum absolute atomic E-state index is 0.0163. The topological polar surface area (TPSA) is 102 Å². The zero-order valence-corrected chi connectivity index (χ0v) is 17.1. The number of hydrogen-bond acceptors (Lipinski definition) is 6. The van der Waals surface area contributed by atoms with Gasteiger partial charge in [0.05, 0.1) is 12.2 Å². The molecule has 0 heterocycles. The number of unbranched alkanes of at least 4 members (excludes halogenated alkanes) is 1. The molecule has 7 nitrogen and oxygen atoms in total. The lowest BCUT2D eigenvalue weighted by molar-refractivity contribution is -0.119. The van der Waals surface area contributed by atoms with Gasteiger partial charge in [-0.25, -0.2) is 9.59 Å². The molecular formula is C24H23NO6. The molecule has 3 aromatic carbocycles. The van der Waals surface area contributed by atoms with Crippen LogP contribution in [-0.2, 0) is 14.3 Å². The summed E-state index contributed by atoms with van der Waals surface area (Å²) >= 11 is 0. The van der Waals surface area contributed by atoms with Crippen LogP contribution in [0.3, 0.4) is 0 Å². The minimum Gasteiger partial charge on any atom is -0.507 e. The first-order valence-electron chi connectivity index (χ1n) is 9.94. The average Bonchev–Trinajstić information content (AvgIpc) is 2.77. The van der Waals surface area contributed by atoms with E-state index < -0.39 is 24.5 Å². The van der Waals surface area contributed by atoms with E-state index in [0.29, 0.717) is 17.9 Å². The fourth-order valence-electron chi connectivity index (χ4n) is 2.88. The van der Waals surface area contributed by atoms with Gasteiger partial charge in [0.1, 0.15) is 11.3 Å². The molecule has 0 aliphatic heterocycles. The lowest BCUT2D eigenvalue weighted by Crippen LogP contribution is -2.21. The Kier molecular flexibility index (Phi) is 7.22. The monoisotopic (exact) mass is 421 g/mol. The molecule has 3 aromatic rings. The van der Waals surface area contributed by atoms with Crippen LogP contribution in [0.2, 0.25) is 0 Å². The predicted octanol–water partition coefficient (Wildman–Crippen LogP) is 4.30. The molecule has 0 aliphatic carbocycles. The second-order valence-corrected chi connectivity index (χ2v) is 6.91. The van der Waals surface area contributed by atoms with Crippen molar-refractivity contribution in [3.8, 4) is 5.75 Å². The van der Waals surface area contributed by atoms with E-state index >= 15 is 0 Å². The number of phenolic OH excluding ortho intramolecular Hbond substituents is 1. The summed E-state index contributed by atoms with van der Waals surface area (Å²) in [6, 6.07) is 16.5. The van der Waals surface area contributed by atoms with Crippen molar-refractivity contribution >= 4 is 34.3 Å². The molecule has 0 atom stereocenters. The molecule has 160 valence electrons. The van der Waals surface area contributed by atoms with Crippen molar-refractivity contribution in [1.82, 2.24) is 0 Å². The van der Waals surface area contributed by atoms with E-state index in [1.54, 1.807) is 24.3 Å². The number of rotatable bonds is 8. The van der Waals surface area contributed by atoms with E-state index in [2.05, 4.69) is 5.32 Å². The van der Waals surface area contributed by atoms with Gasteiger partial charge in [0.25, 0.3) is 5.91 Å². The van der Waals surface area contributed by atoms with Crippen LogP contribution in [0.5, 0.6) is 5.75 Å². The molecule has 0 aliphatic rings. The van der Waals surface area contributed by atoms with Gasteiger partial charge in [0.15, 0.2) is 6.61 Å². The van der Waals surface area contributed by atoms with Crippen molar-refractivity contribution < 1.29 is 29.0 Å². The molecule has 7 heteroatoms. The van der Waals surface area contributed by atoms with Crippen molar-refractivity contribution in [2.75, 3.05) is 18.5 Å². The van der Waals surface area contributed by atoms with Gasteiger partial charge in [0.2, 0.25) is 0 Å². The van der Waals surface area contributed by atoms with Gasteiger partial charge in [-0.2, -0.15) is 0 Å². The van der Waals surface area contributed by atoms with Crippen LogP contribution in [0, 0.1) is 0 Å². The van der Waals surface area contributed by atoms with Crippen molar-refractivity contribution in [2.45, 2.75) is 19.8 Å². The van der Waals surface area contributed by atoms with Gasteiger partial charge in [-0.05, 0) is 53.6 Å². The molecule has 0 spiro atoms. The summed E-state index contributed by atoms with van der Waals surface area (Å²) < 4.78 is 10.2. The number of amides is 1. The Morgan fingerprint density at radius 1 is 0.903 bits per heavy atom. The van der Waals surface area contributed by atoms with Crippen LogP contribution in [0.1, 0.15) is 40.5 Å². The molecular weight excluding hydrogens is 398 g/mol. The Hall–Kier alpha value is -3.87. The van der Waals surface area contributed by atoms with Crippen LogP contribution in [0.15, 0.2) is 60.7 Å². The summed E-state index contributed by atoms with van der Waals surface area (Å²) in [5.74, 6) is -1.99. The van der Waals surface area contributed by atoms with Crippen molar-refractivity contribution in [3.63, 3.8) is 0 Å². The second kappa shape index (κ2) is 10.2. The van der Waals surface area contributed by atoms with E-state index in [4.69, 9.17) is 9.47 Å². The maximum Gasteiger partial charge on any atom is 0.342 e. The number of carbonyl (C=O) groups excluding carboxylic acids is 3. The molecule has 0 unspecified atom stereocenters. The van der Waals surface area contributed by atoms with Crippen LogP contribution in [0.4, 0.5) is 5.69 Å². The Morgan fingerprint density at radius 3 is 2.26 bits per heavy atom. The minimum atomic E-state index is -0.802. The highest BCUT2D eigenvalue weighted by atomic mass is 16.5. The quantitative estimate of drug-likeness (QED) is 0.415. The number of carbonyl (C=O) groups is 3. The Bertz CT molecular complexity index is 1090. The predicted molar refractivity (Wildman–Crippen MR) is 116 cm³/mol. The highest BCUT2D eigenvalue weighted by molar-refractivity contribution is 6.00. The third-order valence-corrected chi connectivity index (χ3v) is 4.55. The summed E-state index contributed by atoms with van der Waals surface area (Å²) in [4.78, 5) is 36.3. The molecule has 0 aromatic heterocycles. The van der Waals surface area contributed by atoms with E-state index in [0.717, 1.165) is 23.6 Å². The third kappa shape index (κ3) is 5.82.